The first-order valence-electron chi connectivity index (χ1n) is 12.0. The number of aryl methyl sites for hydroxylation is 1. The zero-order chi connectivity index (χ0) is 22.5. The lowest BCUT2D eigenvalue weighted by Crippen LogP contribution is -2.51. The van der Waals surface area contributed by atoms with E-state index in [9.17, 15) is 9.59 Å². The van der Waals surface area contributed by atoms with Gasteiger partial charge in [0.1, 0.15) is 11.9 Å². The van der Waals surface area contributed by atoms with Gasteiger partial charge in [-0.3, -0.25) is 9.59 Å². The summed E-state index contributed by atoms with van der Waals surface area (Å²) in [5.74, 6) is 0.749. The van der Waals surface area contributed by atoms with Crippen molar-refractivity contribution in [3.63, 3.8) is 0 Å². The van der Waals surface area contributed by atoms with E-state index in [1.54, 1.807) is 0 Å². The van der Waals surface area contributed by atoms with Crippen molar-refractivity contribution in [1.82, 2.24) is 9.80 Å². The molecule has 0 spiro atoms. The van der Waals surface area contributed by atoms with Crippen molar-refractivity contribution in [3.05, 3.63) is 65.2 Å². The molecule has 1 aliphatic heterocycles. The van der Waals surface area contributed by atoms with Gasteiger partial charge in [0.25, 0.3) is 11.8 Å². The van der Waals surface area contributed by atoms with Crippen molar-refractivity contribution in [3.8, 4) is 5.75 Å². The summed E-state index contributed by atoms with van der Waals surface area (Å²) < 4.78 is 6.53. The van der Waals surface area contributed by atoms with Gasteiger partial charge in [-0.15, -0.1) is 0 Å². The van der Waals surface area contributed by atoms with Crippen LogP contribution in [0.1, 0.15) is 71.7 Å². The summed E-state index contributed by atoms with van der Waals surface area (Å²) in [7, 11) is 0. The second kappa shape index (κ2) is 10.2. The van der Waals surface area contributed by atoms with Crippen LogP contribution in [0.15, 0.2) is 48.5 Å². The lowest BCUT2D eigenvalue weighted by molar-refractivity contribution is 0.0259. The van der Waals surface area contributed by atoms with Gasteiger partial charge in [-0.05, 0) is 70.2 Å². The molecule has 1 saturated carbocycles. The van der Waals surface area contributed by atoms with Crippen LogP contribution in [-0.2, 0) is 0 Å². The molecule has 4 rings (SSSR count). The third kappa shape index (κ3) is 4.82. The average Bonchev–Trinajstić information content (AvgIpc) is 2.82. The number of carbonyl (C=O) groups is 2. The molecule has 32 heavy (non-hydrogen) atoms. The van der Waals surface area contributed by atoms with Crippen molar-refractivity contribution in [2.75, 3.05) is 19.6 Å². The molecule has 0 radical (unpaired) electrons. The highest BCUT2D eigenvalue weighted by Crippen LogP contribution is 2.31. The second-order valence-electron chi connectivity index (χ2n) is 8.96. The van der Waals surface area contributed by atoms with Crippen molar-refractivity contribution >= 4 is 11.8 Å². The van der Waals surface area contributed by atoms with E-state index in [0.29, 0.717) is 30.9 Å². The second-order valence-corrected chi connectivity index (χ2v) is 8.96. The summed E-state index contributed by atoms with van der Waals surface area (Å²) in [5, 5.41) is 0. The number of amides is 2. The molecule has 0 aromatic heterocycles. The van der Waals surface area contributed by atoms with Crippen molar-refractivity contribution < 1.29 is 14.3 Å². The van der Waals surface area contributed by atoms with Gasteiger partial charge in [0.15, 0.2) is 0 Å². The monoisotopic (exact) mass is 434 g/mol. The number of fused-ring (bicyclic) bond motifs is 2. The van der Waals surface area contributed by atoms with Crippen molar-refractivity contribution in [1.29, 1.82) is 0 Å². The van der Waals surface area contributed by atoms with Gasteiger partial charge in [-0.25, -0.2) is 0 Å². The fraction of sp³-hybridized carbons (Fsp3) is 0.481. The molecule has 2 amide bonds. The van der Waals surface area contributed by atoms with Crippen LogP contribution in [0.4, 0.5) is 0 Å². The number of carbonyl (C=O) groups excluding carboxylic acids is 2. The van der Waals surface area contributed by atoms with Gasteiger partial charge in [0.05, 0.1) is 11.6 Å². The molecule has 0 N–H and O–H groups in total. The van der Waals surface area contributed by atoms with Crippen LogP contribution >= 0.6 is 0 Å². The first-order chi connectivity index (χ1) is 15.6. The lowest BCUT2D eigenvalue weighted by Gasteiger charge is -2.40. The van der Waals surface area contributed by atoms with Gasteiger partial charge >= 0.3 is 0 Å². The standard InChI is InChI=1S/C27H34N2O3/c1-3-28-18-8-9-19-29(26(30)21-16-14-20(2)15-17-21)23-11-5-7-13-25(23)32-24-12-6-4-10-22(24)27(28)31/h4,6,10,12,14-17,23,25H,3,5,7-9,11,13,18-19H2,1-2H3/t23-,25+/m1/s1. The molecule has 2 aliphatic rings. The SMILES string of the molecule is CCN1CCCCN(C(=O)c2ccc(C)cc2)[C@@H]2CCCC[C@@H]2Oc2ccccc2C1=O. The van der Waals surface area contributed by atoms with Crippen LogP contribution in [-0.4, -0.2) is 53.4 Å². The number of nitrogens with zero attached hydrogens (tertiary/aromatic N) is 2. The van der Waals surface area contributed by atoms with E-state index >= 15 is 0 Å². The van der Waals surface area contributed by atoms with Crippen LogP contribution in [0.25, 0.3) is 0 Å². The van der Waals surface area contributed by atoms with E-state index in [1.807, 2.05) is 67.3 Å². The van der Waals surface area contributed by atoms with Gasteiger partial charge in [0, 0.05) is 25.2 Å². The van der Waals surface area contributed by atoms with Gasteiger partial charge in [-0.2, -0.15) is 0 Å². The number of para-hydroxylation sites is 1. The number of ether oxygens (including phenoxy) is 1. The van der Waals surface area contributed by atoms with Crippen LogP contribution in [0.3, 0.4) is 0 Å². The maximum Gasteiger partial charge on any atom is 0.257 e. The predicted octanol–water partition coefficient (Wildman–Crippen LogP) is 5.08. The molecule has 2 aromatic rings. The van der Waals surface area contributed by atoms with Crippen LogP contribution < -0.4 is 4.74 Å². The third-order valence-electron chi connectivity index (χ3n) is 6.77. The molecule has 1 fully saturated rings. The molecule has 5 nitrogen and oxygen atoms in total. The molecular weight excluding hydrogens is 400 g/mol. The zero-order valence-corrected chi connectivity index (χ0v) is 19.3. The van der Waals surface area contributed by atoms with Crippen LogP contribution in [0.5, 0.6) is 5.75 Å². The number of benzene rings is 2. The maximum absolute atomic E-state index is 13.6. The minimum atomic E-state index is -0.110. The highest BCUT2D eigenvalue weighted by atomic mass is 16.5. The Bertz CT molecular complexity index is 940. The average molecular weight is 435 g/mol. The van der Waals surface area contributed by atoms with Crippen molar-refractivity contribution in [2.45, 2.75) is 64.5 Å². The Kier molecular flexibility index (Phi) is 7.13. The molecule has 0 bridgehead atoms. The Hall–Kier alpha value is -2.82. The molecule has 1 aliphatic carbocycles. The third-order valence-corrected chi connectivity index (χ3v) is 6.77. The summed E-state index contributed by atoms with van der Waals surface area (Å²) in [6, 6.07) is 15.4. The lowest BCUT2D eigenvalue weighted by atomic mass is 9.90. The Morgan fingerprint density at radius 3 is 2.47 bits per heavy atom. The first-order valence-corrected chi connectivity index (χ1v) is 12.0. The van der Waals surface area contributed by atoms with E-state index in [1.165, 1.54) is 0 Å². The summed E-state index contributed by atoms with van der Waals surface area (Å²) in [6.45, 7) is 6.07. The van der Waals surface area contributed by atoms with Gasteiger partial charge in [0.2, 0.25) is 0 Å². The fourth-order valence-corrected chi connectivity index (χ4v) is 4.92. The topological polar surface area (TPSA) is 49.9 Å². The predicted molar refractivity (Wildman–Crippen MR) is 126 cm³/mol. The fourth-order valence-electron chi connectivity index (χ4n) is 4.92. The quantitative estimate of drug-likeness (QED) is 0.662. The zero-order valence-electron chi connectivity index (χ0n) is 19.3. The molecule has 2 aromatic carbocycles. The molecule has 170 valence electrons. The van der Waals surface area contributed by atoms with E-state index in [4.69, 9.17) is 4.74 Å². The number of hydrogen-bond acceptors (Lipinski definition) is 3. The minimum absolute atomic E-state index is 0.0161. The smallest absolute Gasteiger partial charge is 0.257 e. The Balaban J connectivity index is 1.69. The molecule has 1 heterocycles. The number of rotatable bonds is 2. The molecular formula is C27H34N2O3. The number of hydrogen-bond donors (Lipinski definition) is 0. The largest absolute Gasteiger partial charge is 0.487 e. The normalized spacial score (nSPS) is 22.1. The highest BCUT2D eigenvalue weighted by molar-refractivity contribution is 5.97. The first kappa shape index (κ1) is 22.4. The molecule has 2 atom stereocenters. The summed E-state index contributed by atoms with van der Waals surface area (Å²) >= 11 is 0. The molecule has 0 unspecified atom stereocenters. The Labute approximate surface area is 191 Å². The van der Waals surface area contributed by atoms with Gasteiger partial charge < -0.3 is 14.5 Å². The summed E-state index contributed by atoms with van der Waals surface area (Å²) in [6.07, 6.45) is 5.62. The maximum atomic E-state index is 13.6. The molecule has 0 saturated heterocycles. The Morgan fingerprint density at radius 2 is 1.69 bits per heavy atom. The van der Waals surface area contributed by atoms with Crippen LogP contribution in [0.2, 0.25) is 0 Å². The van der Waals surface area contributed by atoms with E-state index in [-0.39, 0.29) is 24.0 Å². The summed E-state index contributed by atoms with van der Waals surface area (Å²) in [5.41, 5.74) is 2.50. The van der Waals surface area contributed by atoms with E-state index < -0.39 is 0 Å². The highest BCUT2D eigenvalue weighted by Gasteiger charge is 2.35. The minimum Gasteiger partial charge on any atom is -0.487 e. The van der Waals surface area contributed by atoms with E-state index in [0.717, 1.165) is 49.7 Å². The van der Waals surface area contributed by atoms with E-state index in [2.05, 4.69) is 4.90 Å². The Morgan fingerprint density at radius 1 is 0.969 bits per heavy atom. The molecule has 5 heteroatoms. The van der Waals surface area contributed by atoms with Crippen molar-refractivity contribution in [2.24, 2.45) is 0 Å². The van der Waals surface area contributed by atoms with Gasteiger partial charge in [-0.1, -0.05) is 36.2 Å². The van der Waals surface area contributed by atoms with Crippen LogP contribution in [0, 0.1) is 6.92 Å². The summed E-state index contributed by atoms with van der Waals surface area (Å²) in [4.78, 5) is 30.8.